The highest BCUT2D eigenvalue weighted by Crippen LogP contribution is 2.31. The first-order valence-corrected chi connectivity index (χ1v) is 8.30. The third-order valence-corrected chi connectivity index (χ3v) is 4.20. The van der Waals surface area contributed by atoms with E-state index in [-0.39, 0.29) is 0 Å². The Morgan fingerprint density at radius 2 is 2.09 bits per heavy atom. The van der Waals surface area contributed by atoms with Gasteiger partial charge in [0.2, 0.25) is 0 Å². The van der Waals surface area contributed by atoms with E-state index in [4.69, 9.17) is 5.73 Å². The van der Waals surface area contributed by atoms with Crippen molar-refractivity contribution in [3.05, 3.63) is 60.6 Å². The van der Waals surface area contributed by atoms with Crippen LogP contribution < -0.4 is 16.0 Å². The van der Waals surface area contributed by atoms with Gasteiger partial charge in [-0.1, -0.05) is 24.8 Å². The zero-order chi connectivity index (χ0) is 16.7. The molecule has 120 valence electrons. The van der Waals surface area contributed by atoms with E-state index < -0.39 is 0 Å². The molecule has 0 spiro atoms. The van der Waals surface area contributed by atoms with Gasteiger partial charge in [0, 0.05) is 12.8 Å². The lowest BCUT2D eigenvalue weighted by Gasteiger charge is -2.27. The Bertz CT molecular complexity index is 686. The van der Waals surface area contributed by atoms with Crippen LogP contribution in [0.4, 0.5) is 17.2 Å². The average Bonchev–Trinajstić information content (AvgIpc) is 2.58. The van der Waals surface area contributed by atoms with E-state index >= 15 is 0 Å². The van der Waals surface area contributed by atoms with Gasteiger partial charge in [-0.2, -0.15) is 0 Å². The average molecular weight is 327 g/mol. The monoisotopic (exact) mass is 327 g/mol. The van der Waals surface area contributed by atoms with Crippen molar-refractivity contribution < 1.29 is 0 Å². The van der Waals surface area contributed by atoms with Gasteiger partial charge in [0.25, 0.3) is 0 Å². The Balaban J connectivity index is 2.10. The number of nitrogen functional groups attached to an aromatic ring is 1. The lowest BCUT2D eigenvalue weighted by Crippen LogP contribution is -2.28. The highest BCUT2D eigenvalue weighted by molar-refractivity contribution is 7.98. The Morgan fingerprint density at radius 3 is 2.78 bits per heavy atom. The maximum atomic E-state index is 5.71. The second-order valence-corrected chi connectivity index (χ2v) is 5.76. The first-order chi connectivity index (χ1) is 11.2. The van der Waals surface area contributed by atoms with Crippen molar-refractivity contribution in [2.45, 2.75) is 5.75 Å². The number of para-hydroxylation sites is 2. The number of pyridine rings is 1. The molecule has 0 radical (unpaired) electrons. The van der Waals surface area contributed by atoms with Crippen molar-refractivity contribution in [3.8, 4) is 0 Å². The minimum absolute atomic E-state index is 0.542. The van der Waals surface area contributed by atoms with Gasteiger partial charge < -0.3 is 16.0 Å². The Morgan fingerprint density at radius 1 is 1.30 bits per heavy atom. The summed E-state index contributed by atoms with van der Waals surface area (Å²) in [7, 11) is 1.85. The summed E-state index contributed by atoms with van der Waals surface area (Å²) in [5.41, 5.74) is 8.47. The smallest absolute Gasteiger partial charge is 0.123 e. The van der Waals surface area contributed by atoms with Crippen molar-refractivity contribution >= 4 is 35.7 Å². The van der Waals surface area contributed by atoms with Gasteiger partial charge in [-0.05, 0) is 31.0 Å². The van der Waals surface area contributed by atoms with Gasteiger partial charge >= 0.3 is 0 Å². The number of nitrogens with two attached hydrogens (primary N) is 1. The number of thioether (sulfide) groups is 1. The molecule has 23 heavy (non-hydrogen) atoms. The number of anilines is 2. The number of nitrogens with one attached hydrogen (secondary N) is 1. The number of nitrogens with zero attached hydrogens (tertiary/aromatic N) is 3. The number of rotatable bonds is 8. The van der Waals surface area contributed by atoms with E-state index in [2.05, 4.69) is 33.5 Å². The van der Waals surface area contributed by atoms with Crippen LogP contribution in [0.2, 0.25) is 0 Å². The second kappa shape index (κ2) is 8.24. The first-order valence-electron chi connectivity index (χ1n) is 7.14. The van der Waals surface area contributed by atoms with Crippen molar-refractivity contribution in [2.24, 2.45) is 4.99 Å². The molecule has 6 heteroatoms. The van der Waals surface area contributed by atoms with E-state index in [1.807, 2.05) is 43.4 Å². The normalized spacial score (nSPS) is 10.1. The molecule has 0 fully saturated rings. The zero-order valence-corrected chi connectivity index (χ0v) is 14.0. The first kappa shape index (κ1) is 16.9. The summed E-state index contributed by atoms with van der Waals surface area (Å²) >= 11 is 1.73. The van der Waals surface area contributed by atoms with Crippen LogP contribution in [0.15, 0.2) is 59.9 Å². The van der Waals surface area contributed by atoms with Crippen LogP contribution >= 0.6 is 11.8 Å². The SMILES string of the molecule is C=Nc1ccccc1N(CSCc1cccc(N)n1)C(=C)NC. The van der Waals surface area contributed by atoms with E-state index in [9.17, 15) is 0 Å². The lowest BCUT2D eigenvalue weighted by molar-refractivity contribution is 0.897. The fourth-order valence-electron chi connectivity index (χ4n) is 2.07. The molecule has 5 nitrogen and oxygen atoms in total. The molecular formula is C17H21N5S. The van der Waals surface area contributed by atoms with Crippen LogP contribution in [0, 0.1) is 0 Å². The highest BCUT2D eigenvalue weighted by atomic mass is 32.2. The largest absolute Gasteiger partial charge is 0.384 e. The fraction of sp³-hybridized carbons (Fsp3) is 0.176. The predicted octanol–water partition coefficient (Wildman–Crippen LogP) is 3.38. The number of aliphatic imine (C=N–C) groups is 1. The maximum absolute atomic E-state index is 5.71. The second-order valence-electron chi connectivity index (χ2n) is 4.80. The topological polar surface area (TPSA) is 66.5 Å². The summed E-state index contributed by atoms with van der Waals surface area (Å²) in [6.45, 7) is 7.71. The van der Waals surface area contributed by atoms with E-state index in [0.717, 1.165) is 28.6 Å². The van der Waals surface area contributed by atoms with Crippen molar-refractivity contribution in [1.82, 2.24) is 10.3 Å². The number of benzene rings is 1. The molecule has 1 aromatic heterocycles. The third kappa shape index (κ3) is 4.50. The molecule has 0 aliphatic rings. The standard InChI is InChI=1S/C17H21N5S/c1-13(19-2)22(16-9-5-4-8-15(16)20-3)12-23-11-14-7-6-10-17(18)21-14/h4-10,19H,1,3,11-12H2,2H3,(H2,18,21). The number of aromatic nitrogens is 1. The Kier molecular flexibility index (Phi) is 6.05. The van der Waals surface area contributed by atoms with Gasteiger partial charge in [0.1, 0.15) is 5.82 Å². The molecule has 2 aromatic rings. The number of hydrogen-bond donors (Lipinski definition) is 2. The molecule has 0 saturated heterocycles. The highest BCUT2D eigenvalue weighted by Gasteiger charge is 2.13. The zero-order valence-electron chi connectivity index (χ0n) is 13.2. The fourth-order valence-corrected chi connectivity index (χ4v) is 3.01. The van der Waals surface area contributed by atoms with Crippen LogP contribution in [0.3, 0.4) is 0 Å². The lowest BCUT2D eigenvalue weighted by atomic mass is 10.2. The Labute approximate surface area is 141 Å². The summed E-state index contributed by atoms with van der Waals surface area (Å²) in [5.74, 6) is 2.82. The van der Waals surface area contributed by atoms with Crippen LogP contribution in [0.5, 0.6) is 0 Å². The summed E-state index contributed by atoms with van der Waals surface area (Å²) < 4.78 is 0. The molecule has 0 aliphatic carbocycles. The van der Waals surface area contributed by atoms with Crippen molar-refractivity contribution in [2.75, 3.05) is 23.6 Å². The van der Waals surface area contributed by atoms with E-state index in [0.29, 0.717) is 11.7 Å². The molecule has 1 aromatic carbocycles. The van der Waals surface area contributed by atoms with Crippen LogP contribution in [0.1, 0.15) is 5.69 Å². The molecule has 3 N–H and O–H groups in total. The molecule has 1 heterocycles. The quantitative estimate of drug-likeness (QED) is 0.575. The van der Waals surface area contributed by atoms with E-state index in [1.54, 1.807) is 17.8 Å². The molecular weight excluding hydrogens is 306 g/mol. The van der Waals surface area contributed by atoms with Crippen LogP contribution in [-0.2, 0) is 5.75 Å². The molecule has 0 saturated carbocycles. The van der Waals surface area contributed by atoms with Gasteiger partial charge in [0.15, 0.2) is 0 Å². The molecule has 0 aliphatic heterocycles. The summed E-state index contributed by atoms with van der Waals surface area (Å²) in [5, 5.41) is 3.09. The molecule has 0 bridgehead atoms. The summed E-state index contributed by atoms with van der Waals surface area (Å²) in [6, 6.07) is 13.5. The molecule has 0 unspecified atom stereocenters. The van der Waals surface area contributed by atoms with Gasteiger partial charge in [0.05, 0.1) is 28.8 Å². The van der Waals surface area contributed by atoms with Crippen molar-refractivity contribution in [3.63, 3.8) is 0 Å². The minimum Gasteiger partial charge on any atom is -0.384 e. The maximum Gasteiger partial charge on any atom is 0.123 e. The van der Waals surface area contributed by atoms with Crippen molar-refractivity contribution in [1.29, 1.82) is 0 Å². The molecule has 0 amide bonds. The molecule has 2 rings (SSSR count). The van der Waals surface area contributed by atoms with Crippen LogP contribution in [-0.4, -0.2) is 24.6 Å². The van der Waals surface area contributed by atoms with Gasteiger partial charge in [-0.25, -0.2) is 4.98 Å². The van der Waals surface area contributed by atoms with E-state index in [1.165, 1.54) is 0 Å². The third-order valence-electron chi connectivity index (χ3n) is 3.26. The predicted molar refractivity (Wildman–Crippen MR) is 101 cm³/mol. The Hall–Kier alpha value is -2.47. The van der Waals surface area contributed by atoms with Crippen LogP contribution in [0.25, 0.3) is 0 Å². The van der Waals surface area contributed by atoms with Gasteiger partial charge in [-0.15, -0.1) is 11.8 Å². The summed E-state index contributed by atoms with van der Waals surface area (Å²) in [4.78, 5) is 10.5. The minimum atomic E-state index is 0.542. The van der Waals surface area contributed by atoms with Gasteiger partial charge in [-0.3, -0.25) is 4.99 Å². The molecule has 0 atom stereocenters. The number of hydrogen-bond acceptors (Lipinski definition) is 6. The summed E-state index contributed by atoms with van der Waals surface area (Å²) in [6.07, 6.45) is 0.